The van der Waals surface area contributed by atoms with Crippen molar-refractivity contribution in [3.05, 3.63) is 0 Å². The minimum atomic E-state index is 0.467. The lowest BCUT2D eigenvalue weighted by atomic mass is 10.3. The van der Waals surface area contributed by atoms with Gasteiger partial charge >= 0.3 is 0 Å². The molecular formula is C8H21N4. The van der Waals surface area contributed by atoms with Gasteiger partial charge in [-0.25, -0.2) is 0 Å². The number of nitrogens with one attached hydrogen (secondary N) is 1. The van der Waals surface area contributed by atoms with Crippen molar-refractivity contribution in [2.24, 2.45) is 11.5 Å². The van der Waals surface area contributed by atoms with Crippen LogP contribution in [0, 0.1) is 0 Å². The van der Waals surface area contributed by atoms with Gasteiger partial charge in [0.2, 0.25) is 0 Å². The third-order valence-electron chi connectivity index (χ3n) is 1.78. The molecule has 0 aromatic heterocycles. The van der Waals surface area contributed by atoms with Gasteiger partial charge in [-0.3, -0.25) is 5.73 Å². The van der Waals surface area contributed by atoms with Crippen molar-refractivity contribution in [2.75, 3.05) is 39.3 Å². The molecule has 1 radical (unpaired) electrons. The summed E-state index contributed by atoms with van der Waals surface area (Å²) in [5.41, 5.74) is 17.9. The van der Waals surface area contributed by atoms with E-state index in [0.717, 1.165) is 45.6 Å². The lowest BCUT2D eigenvalue weighted by molar-refractivity contribution is 0.276. The lowest BCUT2D eigenvalue weighted by Gasteiger charge is -2.20. The van der Waals surface area contributed by atoms with Crippen LogP contribution in [0.15, 0.2) is 0 Å². The number of hydrogen-bond acceptors (Lipinski definition) is 3. The molecule has 0 heterocycles. The van der Waals surface area contributed by atoms with Crippen molar-refractivity contribution in [1.29, 1.82) is 0 Å². The molecule has 0 aliphatic rings. The van der Waals surface area contributed by atoms with Gasteiger partial charge in [-0.2, -0.15) is 0 Å². The summed E-state index contributed by atoms with van der Waals surface area (Å²) in [7, 11) is 0. The van der Waals surface area contributed by atoms with E-state index in [1.54, 1.807) is 0 Å². The quantitative estimate of drug-likeness (QED) is 0.508. The van der Waals surface area contributed by atoms with Gasteiger partial charge in [0, 0.05) is 13.1 Å². The van der Waals surface area contributed by atoms with E-state index in [2.05, 4.69) is 4.90 Å². The second-order valence-electron chi connectivity index (χ2n) is 2.88. The summed E-state index contributed by atoms with van der Waals surface area (Å²) in [5.74, 6) is 0. The van der Waals surface area contributed by atoms with E-state index in [-0.39, 0.29) is 0 Å². The van der Waals surface area contributed by atoms with Crippen LogP contribution < -0.4 is 17.2 Å². The average Bonchev–Trinajstić information content (AvgIpc) is 2.10. The number of rotatable bonds is 8. The fourth-order valence-corrected chi connectivity index (χ4v) is 1.12. The van der Waals surface area contributed by atoms with Crippen LogP contribution in [-0.4, -0.2) is 44.2 Å². The SMILES string of the molecule is [NH]CCN(CCCN)CCCN. The summed E-state index contributed by atoms with van der Waals surface area (Å²) in [5, 5.41) is 0. The van der Waals surface area contributed by atoms with Gasteiger partial charge in [0.1, 0.15) is 0 Å². The molecule has 0 aliphatic carbocycles. The minimum Gasteiger partial charge on any atom is -0.330 e. The largest absolute Gasteiger partial charge is 0.330 e. The summed E-state index contributed by atoms with van der Waals surface area (Å²) in [4.78, 5) is 2.26. The van der Waals surface area contributed by atoms with E-state index in [0.29, 0.717) is 6.54 Å². The third kappa shape index (κ3) is 6.54. The molecule has 5 N–H and O–H groups in total. The molecule has 0 spiro atoms. The second kappa shape index (κ2) is 8.93. The smallest absolute Gasteiger partial charge is 0.0228 e. The Morgan fingerprint density at radius 3 is 1.75 bits per heavy atom. The highest BCUT2D eigenvalue weighted by molar-refractivity contribution is 4.58. The Morgan fingerprint density at radius 1 is 0.917 bits per heavy atom. The van der Waals surface area contributed by atoms with Gasteiger partial charge in [-0.1, -0.05) is 0 Å². The van der Waals surface area contributed by atoms with Crippen molar-refractivity contribution in [1.82, 2.24) is 10.6 Å². The Morgan fingerprint density at radius 2 is 1.42 bits per heavy atom. The summed E-state index contributed by atoms with van der Waals surface area (Å²) >= 11 is 0. The van der Waals surface area contributed by atoms with E-state index in [9.17, 15) is 0 Å². The first-order valence-electron chi connectivity index (χ1n) is 4.62. The van der Waals surface area contributed by atoms with Crippen LogP contribution in [0.3, 0.4) is 0 Å². The van der Waals surface area contributed by atoms with Crippen LogP contribution in [-0.2, 0) is 0 Å². The Bertz CT molecular complexity index is 79.1. The zero-order valence-electron chi connectivity index (χ0n) is 7.76. The highest BCUT2D eigenvalue weighted by atomic mass is 15.1. The maximum absolute atomic E-state index is 7.10. The fourth-order valence-electron chi connectivity index (χ4n) is 1.12. The molecule has 4 nitrogen and oxygen atoms in total. The molecule has 0 saturated heterocycles. The maximum Gasteiger partial charge on any atom is 0.0228 e. The third-order valence-corrected chi connectivity index (χ3v) is 1.78. The molecule has 0 aromatic rings. The van der Waals surface area contributed by atoms with Crippen LogP contribution >= 0.6 is 0 Å². The molecule has 12 heavy (non-hydrogen) atoms. The van der Waals surface area contributed by atoms with Crippen LogP contribution in [0.4, 0.5) is 0 Å². The summed E-state index contributed by atoms with van der Waals surface area (Å²) in [6.45, 7) is 4.80. The molecule has 0 atom stereocenters. The number of hydrogen-bond donors (Lipinski definition) is 2. The Labute approximate surface area is 75.1 Å². The first kappa shape index (κ1) is 11.8. The molecule has 0 bridgehead atoms. The first-order chi connectivity index (χ1) is 5.85. The van der Waals surface area contributed by atoms with Gasteiger partial charge in [0.05, 0.1) is 0 Å². The molecule has 4 heteroatoms. The predicted octanol–water partition coefficient (Wildman–Crippen LogP) is -0.731. The molecule has 73 valence electrons. The fraction of sp³-hybridized carbons (Fsp3) is 1.00. The van der Waals surface area contributed by atoms with Crippen LogP contribution in [0.1, 0.15) is 12.8 Å². The van der Waals surface area contributed by atoms with Crippen molar-refractivity contribution in [3.63, 3.8) is 0 Å². The predicted molar refractivity (Wildman–Crippen MR) is 51.7 cm³/mol. The first-order valence-corrected chi connectivity index (χ1v) is 4.62. The highest BCUT2D eigenvalue weighted by Crippen LogP contribution is 1.91. The summed E-state index contributed by atoms with van der Waals surface area (Å²) < 4.78 is 0. The number of nitrogens with zero attached hydrogens (tertiary/aromatic N) is 1. The van der Waals surface area contributed by atoms with E-state index >= 15 is 0 Å². The van der Waals surface area contributed by atoms with Crippen molar-refractivity contribution in [3.8, 4) is 0 Å². The second-order valence-corrected chi connectivity index (χ2v) is 2.88. The van der Waals surface area contributed by atoms with E-state index in [1.807, 2.05) is 0 Å². The van der Waals surface area contributed by atoms with Crippen molar-refractivity contribution < 1.29 is 0 Å². The van der Waals surface area contributed by atoms with Crippen molar-refractivity contribution in [2.45, 2.75) is 12.8 Å². The highest BCUT2D eigenvalue weighted by Gasteiger charge is 2.01. The van der Waals surface area contributed by atoms with E-state index in [4.69, 9.17) is 17.2 Å². The molecule has 0 aliphatic heterocycles. The Kier molecular flexibility index (Phi) is 8.81. The number of nitrogens with two attached hydrogens (primary N) is 2. The van der Waals surface area contributed by atoms with Gasteiger partial charge in [0.15, 0.2) is 0 Å². The molecule has 0 saturated carbocycles. The average molecular weight is 173 g/mol. The van der Waals surface area contributed by atoms with Gasteiger partial charge < -0.3 is 16.4 Å². The van der Waals surface area contributed by atoms with Crippen molar-refractivity contribution >= 4 is 0 Å². The van der Waals surface area contributed by atoms with Crippen LogP contribution in [0.25, 0.3) is 0 Å². The molecule has 0 rings (SSSR count). The Hall–Kier alpha value is -0.160. The molecule has 0 fully saturated rings. The van der Waals surface area contributed by atoms with E-state index < -0.39 is 0 Å². The summed E-state index contributed by atoms with van der Waals surface area (Å²) in [6.07, 6.45) is 2.04. The Balaban J connectivity index is 3.40. The lowest BCUT2D eigenvalue weighted by Crippen LogP contribution is -2.31. The van der Waals surface area contributed by atoms with Crippen LogP contribution in [0.5, 0.6) is 0 Å². The maximum atomic E-state index is 7.10. The topological polar surface area (TPSA) is 79.1 Å². The van der Waals surface area contributed by atoms with Crippen LogP contribution in [0.2, 0.25) is 0 Å². The standard InChI is InChI=1S/C8H21N4/c9-3-1-6-12(8-5-11)7-2-4-10/h11H,1-10H2. The normalized spacial score (nSPS) is 11.0. The molecule has 0 unspecified atom stereocenters. The van der Waals surface area contributed by atoms with Gasteiger partial charge in [0.25, 0.3) is 0 Å². The molecule has 0 amide bonds. The van der Waals surface area contributed by atoms with Gasteiger partial charge in [-0.15, -0.1) is 0 Å². The zero-order chi connectivity index (χ0) is 9.23. The monoisotopic (exact) mass is 173 g/mol. The van der Waals surface area contributed by atoms with Gasteiger partial charge in [-0.05, 0) is 39.0 Å². The molecule has 0 aromatic carbocycles. The molecular weight excluding hydrogens is 152 g/mol. The van der Waals surface area contributed by atoms with E-state index in [1.165, 1.54) is 0 Å². The minimum absolute atomic E-state index is 0.467. The summed E-state index contributed by atoms with van der Waals surface area (Å²) in [6, 6.07) is 0. The zero-order valence-corrected chi connectivity index (χ0v) is 7.76.